The van der Waals surface area contributed by atoms with Crippen molar-refractivity contribution in [2.45, 2.75) is 58.3 Å². The van der Waals surface area contributed by atoms with Gasteiger partial charge in [0.1, 0.15) is 5.75 Å². The van der Waals surface area contributed by atoms with Crippen LogP contribution in [0, 0.1) is 11.3 Å². The van der Waals surface area contributed by atoms with Crippen LogP contribution in [0.4, 0.5) is 0 Å². The number of phenols is 1. The van der Waals surface area contributed by atoms with Crippen LogP contribution in [-0.4, -0.2) is 10.2 Å². The molecule has 0 amide bonds. The molecule has 2 heteroatoms. The Labute approximate surface area is 139 Å². The summed E-state index contributed by atoms with van der Waals surface area (Å²) in [5, 5.41) is 19.4. The standard InChI is InChI=1S/C21H28O2/c1-15-12-20(2,3)14-21(13-15,16-4-8-18(22)9-5-16)17-6-10-19(23)11-7-17/h4-6,8-10,15,22-23H,7,11-14H2,1-3H3. The third-order valence-corrected chi connectivity index (χ3v) is 5.54. The first-order chi connectivity index (χ1) is 10.8. The van der Waals surface area contributed by atoms with Gasteiger partial charge in [-0.1, -0.05) is 44.6 Å². The molecular formula is C21H28O2. The van der Waals surface area contributed by atoms with Crippen LogP contribution in [0.5, 0.6) is 5.75 Å². The van der Waals surface area contributed by atoms with E-state index in [9.17, 15) is 10.2 Å². The molecule has 0 aliphatic heterocycles. The molecule has 2 aliphatic rings. The van der Waals surface area contributed by atoms with Crippen LogP contribution in [-0.2, 0) is 5.41 Å². The molecule has 2 nitrogen and oxygen atoms in total. The molecule has 2 atom stereocenters. The molecule has 3 rings (SSSR count). The summed E-state index contributed by atoms with van der Waals surface area (Å²) in [5.41, 5.74) is 3.04. The number of allylic oxidation sites excluding steroid dienone is 4. The smallest absolute Gasteiger partial charge is 0.115 e. The van der Waals surface area contributed by atoms with Gasteiger partial charge in [0, 0.05) is 11.8 Å². The minimum atomic E-state index is 0.0199. The highest BCUT2D eigenvalue weighted by atomic mass is 16.3. The first kappa shape index (κ1) is 16.2. The second-order valence-electron chi connectivity index (χ2n) is 8.33. The second kappa shape index (κ2) is 5.74. The van der Waals surface area contributed by atoms with Crippen molar-refractivity contribution < 1.29 is 10.2 Å². The van der Waals surface area contributed by atoms with Gasteiger partial charge in [0.15, 0.2) is 0 Å². The number of aliphatic hydroxyl groups is 1. The molecule has 2 N–H and O–H groups in total. The minimum Gasteiger partial charge on any atom is -0.512 e. The van der Waals surface area contributed by atoms with Crippen LogP contribution >= 0.6 is 0 Å². The number of hydrogen-bond acceptors (Lipinski definition) is 2. The SMILES string of the molecule is CC1CC(C)(C)CC(C2=CC=C(O)CC2)(c2ccc(O)cc2)C1. The molecule has 23 heavy (non-hydrogen) atoms. The molecule has 0 heterocycles. The Bertz CT molecular complexity index is 636. The minimum absolute atomic E-state index is 0.0199. The van der Waals surface area contributed by atoms with Crippen molar-refractivity contribution in [2.24, 2.45) is 11.3 Å². The van der Waals surface area contributed by atoms with Gasteiger partial charge < -0.3 is 10.2 Å². The van der Waals surface area contributed by atoms with Gasteiger partial charge >= 0.3 is 0 Å². The molecule has 0 saturated heterocycles. The zero-order valence-corrected chi connectivity index (χ0v) is 14.5. The number of hydrogen-bond donors (Lipinski definition) is 2. The number of benzene rings is 1. The highest BCUT2D eigenvalue weighted by Crippen LogP contribution is 2.55. The third kappa shape index (κ3) is 3.17. The second-order valence-corrected chi connectivity index (χ2v) is 8.33. The van der Waals surface area contributed by atoms with E-state index in [2.05, 4.69) is 39.0 Å². The Balaban J connectivity index is 2.11. The van der Waals surface area contributed by atoms with Crippen molar-refractivity contribution in [1.82, 2.24) is 0 Å². The van der Waals surface area contributed by atoms with Crippen LogP contribution in [0.15, 0.2) is 47.7 Å². The van der Waals surface area contributed by atoms with Crippen LogP contribution in [0.3, 0.4) is 0 Å². The number of aliphatic hydroxyl groups excluding tert-OH is 1. The lowest BCUT2D eigenvalue weighted by atomic mass is 9.54. The van der Waals surface area contributed by atoms with Crippen LogP contribution in [0.25, 0.3) is 0 Å². The molecule has 0 radical (unpaired) electrons. The van der Waals surface area contributed by atoms with Gasteiger partial charge in [-0.3, -0.25) is 0 Å². The van der Waals surface area contributed by atoms with Crippen molar-refractivity contribution in [3.8, 4) is 5.75 Å². The number of aromatic hydroxyl groups is 1. The van der Waals surface area contributed by atoms with E-state index in [1.165, 1.54) is 17.6 Å². The van der Waals surface area contributed by atoms with Crippen molar-refractivity contribution in [1.29, 1.82) is 0 Å². The van der Waals surface area contributed by atoms with Crippen LogP contribution in [0.1, 0.15) is 58.4 Å². The highest BCUT2D eigenvalue weighted by Gasteiger charge is 2.46. The predicted octanol–water partition coefficient (Wildman–Crippen LogP) is 5.64. The molecule has 2 unspecified atom stereocenters. The lowest BCUT2D eigenvalue weighted by Gasteiger charge is -2.50. The number of rotatable bonds is 2. The van der Waals surface area contributed by atoms with Gasteiger partial charge in [0.05, 0.1) is 5.76 Å². The maximum atomic E-state index is 9.75. The van der Waals surface area contributed by atoms with E-state index in [0.29, 0.717) is 22.8 Å². The first-order valence-electron chi connectivity index (χ1n) is 8.69. The third-order valence-electron chi connectivity index (χ3n) is 5.54. The van der Waals surface area contributed by atoms with Gasteiger partial charge in [-0.15, -0.1) is 0 Å². The Kier molecular flexibility index (Phi) is 4.03. The van der Waals surface area contributed by atoms with Gasteiger partial charge in [0.25, 0.3) is 0 Å². The van der Waals surface area contributed by atoms with E-state index in [1.54, 1.807) is 12.1 Å². The summed E-state index contributed by atoms with van der Waals surface area (Å²) in [6.07, 6.45) is 9.18. The normalized spacial score (nSPS) is 30.5. The van der Waals surface area contributed by atoms with E-state index < -0.39 is 0 Å². The monoisotopic (exact) mass is 312 g/mol. The summed E-state index contributed by atoms with van der Waals surface area (Å²) in [7, 11) is 0. The van der Waals surface area contributed by atoms with E-state index >= 15 is 0 Å². The average molecular weight is 312 g/mol. The molecule has 2 aliphatic carbocycles. The molecule has 1 aromatic rings. The van der Waals surface area contributed by atoms with Gasteiger partial charge in [-0.2, -0.15) is 0 Å². The lowest BCUT2D eigenvalue weighted by Crippen LogP contribution is -2.41. The molecule has 0 bridgehead atoms. The largest absolute Gasteiger partial charge is 0.512 e. The fourth-order valence-electron chi connectivity index (χ4n) is 5.03. The Morgan fingerprint density at radius 1 is 0.957 bits per heavy atom. The van der Waals surface area contributed by atoms with Crippen molar-refractivity contribution in [3.05, 3.63) is 53.3 Å². The molecule has 124 valence electrons. The zero-order valence-electron chi connectivity index (χ0n) is 14.5. The zero-order chi connectivity index (χ0) is 16.7. The molecular weight excluding hydrogens is 284 g/mol. The van der Waals surface area contributed by atoms with E-state index in [0.717, 1.165) is 25.7 Å². The van der Waals surface area contributed by atoms with Gasteiger partial charge in [-0.05, 0) is 60.8 Å². The Morgan fingerprint density at radius 2 is 1.65 bits per heavy atom. The van der Waals surface area contributed by atoms with Crippen molar-refractivity contribution >= 4 is 0 Å². The summed E-state index contributed by atoms with van der Waals surface area (Å²) in [6, 6.07) is 7.78. The van der Waals surface area contributed by atoms with Crippen LogP contribution < -0.4 is 0 Å². The first-order valence-corrected chi connectivity index (χ1v) is 8.69. The molecule has 1 fully saturated rings. The summed E-state index contributed by atoms with van der Waals surface area (Å²) < 4.78 is 0. The molecule has 1 aromatic carbocycles. The fourth-order valence-corrected chi connectivity index (χ4v) is 5.03. The summed E-state index contributed by atoms with van der Waals surface area (Å²) in [5.74, 6) is 1.47. The number of phenolic OH excluding ortho intramolecular Hbond substituents is 1. The Morgan fingerprint density at radius 3 is 2.22 bits per heavy atom. The van der Waals surface area contributed by atoms with E-state index in [1.807, 2.05) is 6.08 Å². The molecule has 0 aromatic heterocycles. The van der Waals surface area contributed by atoms with Gasteiger partial charge in [-0.25, -0.2) is 0 Å². The average Bonchev–Trinajstić information content (AvgIpc) is 2.46. The fraction of sp³-hybridized carbons (Fsp3) is 0.524. The Hall–Kier alpha value is -1.70. The van der Waals surface area contributed by atoms with E-state index in [-0.39, 0.29) is 5.41 Å². The quantitative estimate of drug-likeness (QED) is 0.742. The highest BCUT2D eigenvalue weighted by molar-refractivity contribution is 5.43. The van der Waals surface area contributed by atoms with Gasteiger partial charge in [0.2, 0.25) is 0 Å². The summed E-state index contributed by atoms with van der Waals surface area (Å²) in [4.78, 5) is 0. The predicted molar refractivity (Wildman–Crippen MR) is 94.6 cm³/mol. The summed E-state index contributed by atoms with van der Waals surface area (Å²) in [6.45, 7) is 7.09. The maximum absolute atomic E-state index is 9.75. The van der Waals surface area contributed by atoms with Crippen molar-refractivity contribution in [3.63, 3.8) is 0 Å². The summed E-state index contributed by atoms with van der Waals surface area (Å²) >= 11 is 0. The lowest BCUT2D eigenvalue weighted by molar-refractivity contribution is 0.122. The van der Waals surface area contributed by atoms with Crippen LogP contribution in [0.2, 0.25) is 0 Å². The molecule has 0 spiro atoms. The molecule has 1 saturated carbocycles. The topological polar surface area (TPSA) is 40.5 Å². The van der Waals surface area contributed by atoms with Crippen molar-refractivity contribution in [2.75, 3.05) is 0 Å². The van der Waals surface area contributed by atoms with E-state index in [4.69, 9.17) is 0 Å². The maximum Gasteiger partial charge on any atom is 0.115 e.